The molecule has 17 heavy (non-hydrogen) atoms. The van der Waals surface area contributed by atoms with Gasteiger partial charge in [0.15, 0.2) is 0 Å². The topological polar surface area (TPSA) is 49.7 Å². The number of benzene rings is 1. The first-order valence-corrected chi connectivity index (χ1v) is 6.14. The molecule has 0 unspecified atom stereocenters. The summed E-state index contributed by atoms with van der Waals surface area (Å²) in [6.07, 6.45) is 0.828. The Morgan fingerprint density at radius 1 is 1.29 bits per heavy atom. The SMILES string of the molecule is CCC(O)(CC)COc1cccc([C@@H](C)O)c1. The van der Waals surface area contributed by atoms with Gasteiger partial charge in [0.1, 0.15) is 12.4 Å². The molecule has 0 bridgehead atoms. The molecule has 1 atom stereocenters. The van der Waals surface area contributed by atoms with Gasteiger partial charge in [-0.1, -0.05) is 26.0 Å². The van der Waals surface area contributed by atoms with E-state index in [1.165, 1.54) is 0 Å². The highest BCUT2D eigenvalue weighted by Crippen LogP contribution is 2.21. The third-order valence-electron chi connectivity index (χ3n) is 3.16. The lowest BCUT2D eigenvalue weighted by Gasteiger charge is -2.25. The number of hydrogen-bond acceptors (Lipinski definition) is 3. The van der Waals surface area contributed by atoms with Crippen molar-refractivity contribution in [1.82, 2.24) is 0 Å². The van der Waals surface area contributed by atoms with Gasteiger partial charge in [-0.15, -0.1) is 0 Å². The van der Waals surface area contributed by atoms with E-state index in [1.807, 2.05) is 32.0 Å². The molecule has 3 nitrogen and oxygen atoms in total. The first-order valence-electron chi connectivity index (χ1n) is 6.14. The predicted molar refractivity (Wildman–Crippen MR) is 68.1 cm³/mol. The molecular formula is C14H22O3. The lowest BCUT2D eigenvalue weighted by atomic mass is 9.99. The van der Waals surface area contributed by atoms with Crippen LogP contribution in [0.2, 0.25) is 0 Å². The zero-order valence-electron chi connectivity index (χ0n) is 10.8. The lowest BCUT2D eigenvalue weighted by Crippen LogP contribution is -2.34. The zero-order chi connectivity index (χ0) is 12.9. The van der Waals surface area contributed by atoms with Gasteiger partial charge in [-0.3, -0.25) is 0 Å². The molecule has 0 aliphatic heterocycles. The second-order valence-electron chi connectivity index (χ2n) is 4.47. The second kappa shape index (κ2) is 6.03. The van der Waals surface area contributed by atoms with Crippen LogP contribution >= 0.6 is 0 Å². The molecule has 0 heterocycles. The van der Waals surface area contributed by atoms with Crippen molar-refractivity contribution in [3.05, 3.63) is 29.8 Å². The van der Waals surface area contributed by atoms with Crippen LogP contribution in [0.1, 0.15) is 45.3 Å². The monoisotopic (exact) mass is 238 g/mol. The summed E-state index contributed by atoms with van der Waals surface area (Å²) >= 11 is 0. The fourth-order valence-electron chi connectivity index (χ4n) is 1.54. The number of ether oxygens (including phenoxy) is 1. The molecular weight excluding hydrogens is 216 g/mol. The van der Waals surface area contributed by atoms with Crippen LogP contribution < -0.4 is 4.74 Å². The molecule has 0 radical (unpaired) electrons. The molecule has 1 aromatic rings. The van der Waals surface area contributed by atoms with E-state index < -0.39 is 11.7 Å². The van der Waals surface area contributed by atoms with Crippen molar-refractivity contribution in [2.24, 2.45) is 0 Å². The number of aliphatic hydroxyl groups excluding tert-OH is 1. The molecule has 2 N–H and O–H groups in total. The number of rotatable bonds is 6. The Morgan fingerprint density at radius 3 is 2.47 bits per heavy atom. The summed E-state index contributed by atoms with van der Waals surface area (Å²) in [5, 5.41) is 19.6. The molecule has 3 heteroatoms. The third kappa shape index (κ3) is 4.02. The second-order valence-corrected chi connectivity index (χ2v) is 4.47. The minimum atomic E-state index is -0.763. The maximum Gasteiger partial charge on any atom is 0.119 e. The van der Waals surface area contributed by atoms with E-state index in [9.17, 15) is 10.2 Å². The van der Waals surface area contributed by atoms with Crippen molar-refractivity contribution in [2.45, 2.75) is 45.3 Å². The van der Waals surface area contributed by atoms with Crippen LogP contribution in [-0.2, 0) is 0 Å². The minimum absolute atomic E-state index is 0.281. The summed E-state index contributed by atoms with van der Waals surface area (Å²) in [6.45, 7) is 5.88. The molecule has 0 spiro atoms. The highest BCUT2D eigenvalue weighted by Gasteiger charge is 2.23. The van der Waals surface area contributed by atoms with Gasteiger partial charge in [0.05, 0.1) is 11.7 Å². The van der Waals surface area contributed by atoms with Crippen molar-refractivity contribution in [3.8, 4) is 5.75 Å². The third-order valence-corrected chi connectivity index (χ3v) is 3.16. The smallest absolute Gasteiger partial charge is 0.119 e. The molecule has 0 saturated heterocycles. The van der Waals surface area contributed by atoms with Crippen molar-refractivity contribution < 1.29 is 14.9 Å². The molecule has 0 fully saturated rings. The number of aliphatic hydroxyl groups is 2. The van der Waals surface area contributed by atoms with E-state index >= 15 is 0 Å². The first-order chi connectivity index (χ1) is 8.00. The summed E-state index contributed by atoms with van der Waals surface area (Å²) in [6, 6.07) is 7.33. The highest BCUT2D eigenvalue weighted by molar-refractivity contribution is 5.29. The fraction of sp³-hybridized carbons (Fsp3) is 0.571. The summed E-state index contributed by atoms with van der Waals surface area (Å²) in [7, 11) is 0. The Morgan fingerprint density at radius 2 is 1.94 bits per heavy atom. The summed E-state index contributed by atoms with van der Waals surface area (Å²) in [4.78, 5) is 0. The standard InChI is InChI=1S/C14H22O3/c1-4-14(16,5-2)10-17-13-8-6-7-12(9-13)11(3)15/h6-9,11,15-16H,4-5,10H2,1-3H3/t11-/m1/s1. The van der Waals surface area contributed by atoms with E-state index in [1.54, 1.807) is 13.0 Å². The van der Waals surface area contributed by atoms with Crippen molar-refractivity contribution in [1.29, 1.82) is 0 Å². The Hall–Kier alpha value is -1.06. The largest absolute Gasteiger partial charge is 0.491 e. The van der Waals surface area contributed by atoms with E-state index in [0.29, 0.717) is 18.6 Å². The molecule has 96 valence electrons. The first kappa shape index (κ1) is 14.0. The molecule has 0 aromatic heterocycles. The molecule has 0 aliphatic rings. The Kier molecular flexibility index (Phi) is 4.97. The Labute approximate surface area is 103 Å². The average Bonchev–Trinajstić information content (AvgIpc) is 2.36. The average molecular weight is 238 g/mol. The molecule has 1 rings (SSSR count). The molecule has 0 saturated carbocycles. The summed E-state index contributed by atoms with van der Waals surface area (Å²) < 4.78 is 5.58. The van der Waals surface area contributed by atoms with Crippen molar-refractivity contribution in [2.75, 3.05) is 6.61 Å². The van der Waals surface area contributed by atoms with Gasteiger partial charge < -0.3 is 14.9 Å². The summed E-state index contributed by atoms with van der Waals surface area (Å²) in [5.74, 6) is 0.684. The highest BCUT2D eigenvalue weighted by atomic mass is 16.5. The van der Waals surface area contributed by atoms with Gasteiger partial charge >= 0.3 is 0 Å². The van der Waals surface area contributed by atoms with E-state index in [2.05, 4.69) is 0 Å². The van der Waals surface area contributed by atoms with Gasteiger partial charge in [0, 0.05) is 0 Å². The Bertz CT molecular complexity index is 343. The maximum absolute atomic E-state index is 10.1. The summed E-state index contributed by atoms with van der Waals surface area (Å²) in [5.41, 5.74) is 0.0555. The van der Waals surface area contributed by atoms with Crippen molar-refractivity contribution >= 4 is 0 Å². The normalized spacial score (nSPS) is 13.5. The quantitative estimate of drug-likeness (QED) is 0.801. The molecule has 0 amide bonds. The van der Waals surface area contributed by atoms with E-state index in [-0.39, 0.29) is 6.61 Å². The van der Waals surface area contributed by atoms with Crippen molar-refractivity contribution in [3.63, 3.8) is 0 Å². The van der Waals surface area contributed by atoms with Crippen LogP contribution in [0.15, 0.2) is 24.3 Å². The van der Waals surface area contributed by atoms with E-state index in [0.717, 1.165) is 5.56 Å². The van der Waals surface area contributed by atoms with Gasteiger partial charge in [0.25, 0.3) is 0 Å². The van der Waals surface area contributed by atoms with Gasteiger partial charge in [-0.2, -0.15) is 0 Å². The van der Waals surface area contributed by atoms with Crippen LogP contribution in [0.4, 0.5) is 0 Å². The predicted octanol–water partition coefficient (Wildman–Crippen LogP) is 2.67. The van der Waals surface area contributed by atoms with Crippen LogP contribution in [-0.4, -0.2) is 22.4 Å². The fourth-order valence-corrected chi connectivity index (χ4v) is 1.54. The number of hydrogen-bond donors (Lipinski definition) is 2. The van der Waals surface area contributed by atoms with Crippen LogP contribution in [0, 0.1) is 0 Å². The maximum atomic E-state index is 10.1. The van der Waals surface area contributed by atoms with Crippen LogP contribution in [0.25, 0.3) is 0 Å². The van der Waals surface area contributed by atoms with Crippen LogP contribution in [0.3, 0.4) is 0 Å². The molecule has 0 aliphatic carbocycles. The molecule has 1 aromatic carbocycles. The van der Waals surface area contributed by atoms with Gasteiger partial charge in [-0.25, -0.2) is 0 Å². The zero-order valence-corrected chi connectivity index (χ0v) is 10.8. The lowest BCUT2D eigenvalue weighted by molar-refractivity contribution is -0.0114. The minimum Gasteiger partial charge on any atom is -0.491 e. The Balaban J connectivity index is 2.66. The van der Waals surface area contributed by atoms with Gasteiger partial charge in [-0.05, 0) is 37.5 Å². The van der Waals surface area contributed by atoms with E-state index in [4.69, 9.17) is 4.74 Å². The van der Waals surface area contributed by atoms with Crippen LogP contribution in [0.5, 0.6) is 5.75 Å². The van der Waals surface area contributed by atoms with Gasteiger partial charge in [0.2, 0.25) is 0 Å².